The number of Topliss-reactive ketones (excluding diaryl/α,β-unsaturated/α-hetero) is 1. The van der Waals surface area contributed by atoms with Gasteiger partial charge in [0.1, 0.15) is 0 Å². The van der Waals surface area contributed by atoms with E-state index in [2.05, 4.69) is 29.4 Å². The molecule has 0 unspecified atom stereocenters. The predicted molar refractivity (Wildman–Crippen MR) is 86.8 cm³/mol. The van der Waals surface area contributed by atoms with Gasteiger partial charge in [0, 0.05) is 18.4 Å². The van der Waals surface area contributed by atoms with E-state index in [0.717, 1.165) is 6.42 Å². The van der Waals surface area contributed by atoms with Crippen molar-refractivity contribution in [1.82, 2.24) is 10.9 Å². The Morgan fingerprint density at radius 3 is 2.26 bits per heavy atom. The molecule has 0 aliphatic carbocycles. The maximum absolute atomic E-state index is 12.0. The number of benzene rings is 1. The predicted octanol–water partition coefficient (Wildman–Crippen LogP) is 2.63. The Morgan fingerprint density at radius 1 is 1.04 bits per heavy atom. The number of ketones is 1. The number of amides is 2. The molecule has 0 heterocycles. The van der Waals surface area contributed by atoms with E-state index in [0.29, 0.717) is 11.5 Å². The maximum atomic E-state index is 12.0. The summed E-state index contributed by atoms with van der Waals surface area (Å²) in [4.78, 5) is 34.6. The lowest BCUT2D eigenvalue weighted by Gasteiger charge is -2.07. The molecular formula is C17H24N2O4. The number of nitrogens with one attached hydrogen (secondary N) is 2. The van der Waals surface area contributed by atoms with Crippen molar-refractivity contribution in [1.29, 1.82) is 0 Å². The molecule has 1 aromatic carbocycles. The summed E-state index contributed by atoms with van der Waals surface area (Å²) in [5.74, 6) is 0.0161. The van der Waals surface area contributed by atoms with Crippen molar-refractivity contribution in [2.24, 2.45) is 5.92 Å². The average Bonchev–Trinajstić information content (AvgIpc) is 2.51. The van der Waals surface area contributed by atoms with Crippen LogP contribution in [0.4, 0.5) is 4.79 Å². The molecule has 0 fully saturated rings. The van der Waals surface area contributed by atoms with Crippen LogP contribution in [0, 0.1) is 5.92 Å². The maximum Gasteiger partial charge on any atom is 0.426 e. The normalized spacial score (nSPS) is 10.3. The summed E-state index contributed by atoms with van der Waals surface area (Å²) in [6.07, 6.45) is 0.322. The third-order valence-electron chi connectivity index (χ3n) is 3.08. The number of hydrogen-bond donors (Lipinski definition) is 2. The summed E-state index contributed by atoms with van der Waals surface area (Å²) in [6.45, 7) is 6.16. The van der Waals surface area contributed by atoms with Crippen LogP contribution in [0.15, 0.2) is 24.3 Å². The van der Waals surface area contributed by atoms with Gasteiger partial charge < -0.3 is 4.74 Å². The van der Waals surface area contributed by atoms with Crippen molar-refractivity contribution < 1.29 is 19.1 Å². The fourth-order valence-electron chi connectivity index (χ4n) is 2.02. The first-order valence-electron chi connectivity index (χ1n) is 7.76. The molecule has 1 rings (SSSR count). The zero-order chi connectivity index (χ0) is 17.2. The monoisotopic (exact) mass is 320 g/mol. The van der Waals surface area contributed by atoms with E-state index in [9.17, 15) is 14.4 Å². The van der Waals surface area contributed by atoms with Crippen molar-refractivity contribution in [3.05, 3.63) is 35.4 Å². The molecule has 2 amide bonds. The average molecular weight is 320 g/mol. The standard InChI is InChI=1S/C17H24N2O4/c1-4-23-17(22)19-18-16(21)10-9-15(20)14-7-5-13(6-8-14)11-12(2)3/h5-8,12H,4,9-11H2,1-3H3,(H,18,21)(H,19,22). The van der Waals surface area contributed by atoms with E-state index >= 15 is 0 Å². The van der Waals surface area contributed by atoms with Crippen molar-refractivity contribution >= 4 is 17.8 Å². The lowest BCUT2D eigenvalue weighted by Crippen LogP contribution is -2.41. The van der Waals surface area contributed by atoms with E-state index < -0.39 is 12.0 Å². The van der Waals surface area contributed by atoms with Crippen LogP contribution in [0.1, 0.15) is 49.5 Å². The number of hydrazine groups is 1. The number of carbonyl (C=O) groups excluding carboxylic acids is 3. The molecule has 0 atom stereocenters. The van der Waals surface area contributed by atoms with Crippen molar-refractivity contribution in [3.8, 4) is 0 Å². The van der Waals surface area contributed by atoms with Gasteiger partial charge in [-0.3, -0.25) is 15.0 Å². The smallest absolute Gasteiger partial charge is 0.426 e. The van der Waals surface area contributed by atoms with Gasteiger partial charge in [-0.05, 0) is 24.8 Å². The van der Waals surface area contributed by atoms with Crippen LogP contribution in [0.5, 0.6) is 0 Å². The lowest BCUT2D eigenvalue weighted by molar-refractivity contribution is -0.121. The second-order valence-corrected chi connectivity index (χ2v) is 5.61. The first-order valence-corrected chi connectivity index (χ1v) is 7.76. The third kappa shape index (κ3) is 7.44. The second kappa shape index (κ2) is 9.61. The van der Waals surface area contributed by atoms with Gasteiger partial charge in [0.15, 0.2) is 5.78 Å². The summed E-state index contributed by atoms with van der Waals surface area (Å²) < 4.78 is 4.59. The summed E-state index contributed by atoms with van der Waals surface area (Å²) >= 11 is 0. The van der Waals surface area contributed by atoms with E-state index in [1.165, 1.54) is 5.56 Å². The molecule has 0 bridgehead atoms. The zero-order valence-corrected chi connectivity index (χ0v) is 13.8. The minimum atomic E-state index is -0.729. The molecule has 0 spiro atoms. The number of carbonyl (C=O) groups is 3. The third-order valence-corrected chi connectivity index (χ3v) is 3.08. The Bertz CT molecular complexity index is 538. The van der Waals surface area contributed by atoms with Crippen LogP contribution in [0.25, 0.3) is 0 Å². The van der Waals surface area contributed by atoms with Crippen LogP contribution < -0.4 is 10.9 Å². The molecule has 0 saturated heterocycles. The number of rotatable bonds is 7. The Balaban J connectivity index is 2.38. The molecule has 0 saturated carbocycles. The molecule has 2 N–H and O–H groups in total. The topological polar surface area (TPSA) is 84.5 Å². The fraction of sp³-hybridized carbons (Fsp3) is 0.471. The summed E-state index contributed by atoms with van der Waals surface area (Å²) in [5.41, 5.74) is 6.06. The van der Waals surface area contributed by atoms with Crippen molar-refractivity contribution in [3.63, 3.8) is 0 Å². The molecule has 6 heteroatoms. The Kier molecular flexibility index (Phi) is 7.80. The van der Waals surface area contributed by atoms with Crippen LogP contribution in [-0.4, -0.2) is 24.4 Å². The molecule has 0 aliphatic heterocycles. The van der Waals surface area contributed by atoms with Crippen LogP contribution in [0.2, 0.25) is 0 Å². The first-order chi connectivity index (χ1) is 10.9. The minimum Gasteiger partial charge on any atom is -0.449 e. The van der Waals surface area contributed by atoms with Gasteiger partial charge in [0.25, 0.3) is 0 Å². The van der Waals surface area contributed by atoms with Gasteiger partial charge in [-0.15, -0.1) is 0 Å². The summed E-state index contributed by atoms with van der Waals surface area (Å²) in [5, 5.41) is 0. The van der Waals surface area contributed by atoms with E-state index in [1.54, 1.807) is 19.1 Å². The van der Waals surface area contributed by atoms with Gasteiger partial charge in [-0.2, -0.15) is 0 Å². The minimum absolute atomic E-state index is 0.00101. The lowest BCUT2D eigenvalue weighted by atomic mass is 9.99. The van der Waals surface area contributed by atoms with Gasteiger partial charge in [0.05, 0.1) is 6.61 Å². The van der Waals surface area contributed by atoms with Crippen LogP contribution >= 0.6 is 0 Å². The molecule has 23 heavy (non-hydrogen) atoms. The molecule has 126 valence electrons. The Labute approximate surface area is 136 Å². The Hall–Kier alpha value is -2.37. The summed E-state index contributed by atoms with van der Waals surface area (Å²) in [6, 6.07) is 7.45. The van der Waals surface area contributed by atoms with E-state index in [4.69, 9.17) is 0 Å². The molecule has 6 nitrogen and oxygen atoms in total. The van der Waals surface area contributed by atoms with Gasteiger partial charge in [-0.1, -0.05) is 38.1 Å². The highest BCUT2D eigenvalue weighted by molar-refractivity contribution is 5.98. The van der Waals surface area contributed by atoms with E-state index in [1.807, 2.05) is 12.1 Å². The Morgan fingerprint density at radius 2 is 1.70 bits per heavy atom. The molecule has 0 radical (unpaired) electrons. The first kappa shape index (κ1) is 18.7. The fourth-order valence-corrected chi connectivity index (χ4v) is 2.02. The number of hydrogen-bond acceptors (Lipinski definition) is 4. The van der Waals surface area contributed by atoms with Gasteiger partial charge >= 0.3 is 6.09 Å². The molecule has 0 aliphatic rings. The molecule has 1 aromatic rings. The highest BCUT2D eigenvalue weighted by Crippen LogP contribution is 2.11. The summed E-state index contributed by atoms with van der Waals surface area (Å²) in [7, 11) is 0. The van der Waals surface area contributed by atoms with E-state index in [-0.39, 0.29) is 25.2 Å². The molecular weight excluding hydrogens is 296 g/mol. The largest absolute Gasteiger partial charge is 0.449 e. The second-order valence-electron chi connectivity index (χ2n) is 5.61. The van der Waals surface area contributed by atoms with Crippen molar-refractivity contribution in [2.75, 3.05) is 6.61 Å². The van der Waals surface area contributed by atoms with Gasteiger partial charge in [0.2, 0.25) is 5.91 Å². The van der Waals surface area contributed by atoms with Crippen molar-refractivity contribution in [2.45, 2.75) is 40.0 Å². The van der Waals surface area contributed by atoms with Crippen LogP contribution in [0.3, 0.4) is 0 Å². The number of ether oxygens (including phenoxy) is 1. The quantitative estimate of drug-likeness (QED) is 0.597. The highest BCUT2D eigenvalue weighted by Gasteiger charge is 2.10. The SMILES string of the molecule is CCOC(=O)NNC(=O)CCC(=O)c1ccc(CC(C)C)cc1. The molecule has 0 aromatic heterocycles. The highest BCUT2D eigenvalue weighted by atomic mass is 16.5. The zero-order valence-electron chi connectivity index (χ0n) is 13.8. The van der Waals surface area contributed by atoms with Crippen LogP contribution in [-0.2, 0) is 16.0 Å². The van der Waals surface area contributed by atoms with Gasteiger partial charge in [-0.25, -0.2) is 10.2 Å².